The Bertz CT molecular complexity index is 763. The molecule has 0 atom stereocenters. The van der Waals surface area contributed by atoms with Crippen molar-refractivity contribution in [2.45, 2.75) is 6.43 Å². The number of alkyl halides is 2. The van der Waals surface area contributed by atoms with E-state index in [9.17, 15) is 8.78 Å². The molecule has 0 spiro atoms. The Hall–Kier alpha value is -2.70. The monoisotopic (exact) mass is 320 g/mol. The van der Waals surface area contributed by atoms with E-state index in [2.05, 4.69) is 9.97 Å². The van der Waals surface area contributed by atoms with Crippen molar-refractivity contribution in [3.63, 3.8) is 0 Å². The lowest BCUT2D eigenvalue weighted by atomic mass is 10.0. The molecule has 2 aromatic rings. The van der Waals surface area contributed by atoms with E-state index < -0.39 is 6.43 Å². The average molecular weight is 320 g/mol. The summed E-state index contributed by atoms with van der Waals surface area (Å²) < 4.78 is 41.2. The van der Waals surface area contributed by atoms with Crippen LogP contribution in [0.5, 0.6) is 17.5 Å². The van der Waals surface area contributed by atoms with Gasteiger partial charge in [0, 0.05) is 16.7 Å². The molecule has 0 amide bonds. The summed E-state index contributed by atoms with van der Waals surface area (Å²) in [7, 11) is 2.95. The molecule has 0 radical (unpaired) electrons. The standard InChI is InChI=1S/C16H14F2N2O3/c1-21-15-16(22-2)20-12(7-19-15)11-5-9-3-4-10(14(17)18)6-13(9)23-8-11/h3-7,14H,8H2,1-2H3. The summed E-state index contributed by atoms with van der Waals surface area (Å²) >= 11 is 0. The molecule has 0 aliphatic carbocycles. The second-order valence-electron chi connectivity index (χ2n) is 4.83. The van der Waals surface area contributed by atoms with E-state index in [0.29, 0.717) is 17.0 Å². The van der Waals surface area contributed by atoms with Crippen LogP contribution in [0.2, 0.25) is 0 Å². The second kappa shape index (κ2) is 6.20. The van der Waals surface area contributed by atoms with Crippen molar-refractivity contribution in [3.8, 4) is 17.5 Å². The number of aromatic nitrogens is 2. The van der Waals surface area contributed by atoms with E-state index in [1.165, 1.54) is 26.4 Å². The highest BCUT2D eigenvalue weighted by atomic mass is 19.3. The number of benzene rings is 1. The van der Waals surface area contributed by atoms with E-state index in [4.69, 9.17) is 14.2 Å². The molecule has 0 unspecified atom stereocenters. The normalized spacial score (nSPS) is 13.2. The fraction of sp³-hybridized carbons (Fsp3) is 0.250. The van der Waals surface area contributed by atoms with Crippen molar-refractivity contribution < 1.29 is 23.0 Å². The van der Waals surface area contributed by atoms with Crippen LogP contribution in [0.25, 0.3) is 11.6 Å². The minimum Gasteiger partial charge on any atom is -0.488 e. The number of methoxy groups -OCH3 is 2. The zero-order chi connectivity index (χ0) is 16.4. The van der Waals surface area contributed by atoms with E-state index in [-0.39, 0.29) is 23.9 Å². The molecular weight excluding hydrogens is 306 g/mol. The van der Waals surface area contributed by atoms with Gasteiger partial charge in [0.05, 0.1) is 26.1 Å². The topological polar surface area (TPSA) is 53.5 Å². The summed E-state index contributed by atoms with van der Waals surface area (Å²) in [6.45, 7) is 0.212. The zero-order valence-corrected chi connectivity index (χ0v) is 12.5. The van der Waals surface area contributed by atoms with Gasteiger partial charge in [-0.25, -0.2) is 18.7 Å². The summed E-state index contributed by atoms with van der Waals surface area (Å²) in [5.74, 6) is 0.986. The van der Waals surface area contributed by atoms with Crippen LogP contribution in [-0.4, -0.2) is 30.8 Å². The van der Waals surface area contributed by atoms with E-state index in [1.54, 1.807) is 12.3 Å². The highest BCUT2D eigenvalue weighted by Gasteiger charge is 2.18. The van der Waals surface area contributed by atoms with Crippen LogP contribution in [0, 0.1) is 0 Å². The quantitative estimate of drug-likeness (QED) is 0.864. The lowest BCUT2D eigenvalue weighted by Crippen LogP contribution is -2.09. The number of rotatable bonds is 4. The van der Waals surface area contributed by atoms with Gasteiger partial charge < -0.3 is 14.2 Å². The van der Waals surface area contributed by atoms with Gasteiger partial charge in [0.2, 0.25) is 0 Å². The van der Waals surface area contributed by atoms with Crippen LogP contribution in [0.15, 0.2) is 24.4 Å². The Morgan fingerprint density at radius 2 is 1.96 bits per heavy atom. The molecule has 0 saturated carbocycles. The van der Waals surface area contributed by atoms with Gasteiger partial charge in [0.25, 0.3) is 18.2 Å². The Kier molecular flexibility index (Phi) is 4.10. The zero-order valence-electron chi connectivity index (χ0n) is 12.5. The van der Waals surface area contributed by atoms with Crippen LogP contribution in [0.4, 0.5) is 8.78 Å². The van der Waals surface area contributed by atoms with Crippen LogP contribution in [0.3, 0.4) is 0 Å². The Balaban J connectivity index is 1.96. The number of hydrogen-bond donors (Lipinski definition) is 0. The molecule has 3 rings (SSSR count). The lowest BCUT2D eigenvalue weighted by molar-refractivity contribution is 0.151. The molecular formula is C16H14F2N2O3. The molecule has 23 heavy (non-hydrogen) atoms. The molecule has 1 aliphatic heterocycles. The number of fused-ring (bicyclic) bond motifs is 1. The van der Waals surface area contributed by atoms with Crippen molar-refractivity contribution in [2.75, 3.05) is 20.8 Å². The first kappa shape index (κ1) is 15.2. The first-order valence-electron chi connectivity index (χ1n) is 6.83. The SMILES string of the molecule is COc1ncc(C2=Cc3ccc(C(F)F)cc3OC2)nc1OC. The van der Waals surface area contributed by atoms with E-state index in [1.807, 2.05) is 6.08 Å². The van der Waals surface area contributed by atoms with Gasteiger partial charge in [-0.15, -0.1) is 0 Å². The van der Waals surface area contributed by atoms with Gasteiger partial charge in [-0.1, -0.05) is 12.1 Å². The maximum absolute atomic E-state index is 12.7. The van der Waals surface area contributed by atoms with E-state index >= 15 is 0 Å². The molecule has 0 bridgehead atoms. The summed E-state index contributed by atoms with van der Waals surface area (Å²) in [6.07, 6.45) is 0.866. The molecule has 2 heterocycles. The molecule has 7 heteroatoms. The molecule has 1 aliphatic rings. The van der Waals surface area contributed by atoms with Gasteiger partial charge in [-0.05, 0) is 12.1 Å². The van der Waals surface area contributed by atoms with Crippen LogP contribution < -0.4 is 14.2 Å². The second-order valence-corrected chi connectivity index (χ2v) is 4.83. The third-order valence-corrected chi connectivity index (χ3v) is 3.43. The number of nitrogens with zero attached hydrogens (tertiary/aromatic N) is 2. The maximum atomic E-state index is 12.7. The molecule has 5 nitrogen and oxygen atoms in total. The summed E-state index contributed by atoms with van der Waals surface area (Å²) in [6, 6.07) is 4.34. The fourth-order valence-corrected chi connectivity index (χ4v) is 2.25. The van der Waals surface area contributed by atoms with Crippen LogP contribution in [-0.2, 0) is 0 Å². The van der Waals surface area contributed by atoms with Crippen LogP contribution in [0.1, 0.15) is 23.2 Å². The molecule has 1 aromatic carbocycles. The first-order chi connectivity index (χ1) is 11.1. The first-order valence-corrected chi connectivity index (χ1v) is 6.83. The van der Waals surface area contributed by atoms with Gasteiger partial charge in [0.1, 0.15) is 12.4 Å². The number of ether oxygens (including phenoxy) is 3. The van der Waals surface area contributed by atoms with E-state index in [0.717, 1.165) is 5.57 Å². The Morgan fingerprint density at radius 1 is 1.17 bits per heavy atom. The Morgan fingerprint density at radius 3 is 2.65 bits per heavy atom. The third kappa shape index (κ3) is 2.94. The summed E-state index contributed by atoms with van der Waals surface area (Å²) in [4.78, 5) is 8.46. The fourth-order valence-electron chi connectivity index (χ4n) is 2.25. The van der Waals surface area contributed by atoms with Crippen molar-refractivity contribution >= 4 is 11.6 Å². The lowest BCUT2D eigenvalue weighted by Gasteiger charge is -2.19. The van der Waals surface area contributed by atoms with Gasteiger partial charge in [-0.3, -0.25) is 0 Å². The average Bonchev–Trinajstić information content (AvgIpc) is 2.60. The van der Waals surface area contributed by atoms with Crippen molar-refractivity contribution in [3.05, 3.63) is 41.2 Å². The Labute approximate surface area is 131 Å². The van der Waals surface area contributed by atoms with Gasteiger partial charge in [0.15, 0.2) is 0 Å². The molecule has 120 valence electrons. The number of hydrogen-bond acceptors (Lipinski definition) is 5. The summed E-state index contributed by atoms with van der Waals surface area (Å²) in [5.41, 5.74) is 2.00. The molecule has 0 saturated heterocycles. The molecule has 0 N–H and O–H groups in total. The van der Waals surface area contributed by atoms with Crippen molar-refractivity contribution in [1.82, 2.24) is 9.97 Å². The molecule has 0 fully saturated rings. The van der Waals surface area contributed by atoms with Gasteiger partial charge >= 0.3 is 0 Å². The highest BCUT2D eigenvalue weighted by molar-refractivity contribution is 5.84. The van der Waals surface area contributed by atoms with Crippen LogP contribution >= 0.6 is 0 Å². The van der Waals surface area contributed by atoms with Crippen molar-refractivity contribution in [2.24, 2.45) is 0 Å². The largest absolute Gasteiger partial charge is 0.488 e. The minimum atomic E-state index is -2.52. The molecule has 1 aromatic heterocycles. The smallest absolute Gasteiger partial charge is 0.278 e. The minimum absolute atomic E-state index is 0.0634. The summed E-state index contributed by atoms with van der Waals surface area (Å²) in [5, 5.41) is 0. The van der Waals surface area contributed by atoms with Gasteiger partial charge in [-0.2, -0.15) is 0 Å². The predicted molar refractivity (Wildman–Crippen MR) is 79.9 cm³/mol. The highest BCUT2D eigenvalue weighted by Crippen LogP contribution is 2.34. The maximum Gasteiger partial charge on any atom is 0.278 e. The van der Waals surface area contributed by atoms with Crippen molar-refractivity contribution in [1.29, 1.82) is 0 Å². The third-order valence-electron chi connectivity index (χ3n) is 3.43. The predicted octanol–water partition coefficient (Wildman–Crippen LogP) is 3.36. The number of halogens is 2.